The van der Waals surface area contributed by atoms with Crippen LogP contribution in [0.1, 0.15) is 29.5 Å². The first kappa shape index (κ1) is 26.7. The average molecular weight is 545 g/mol. The first-order valence-corrected chi connectivity index (χ1v) is 12.8. The van der Waals surface area contributed by atoms with Crippen LogP contribution < -0.4 is 10.5 Å². The zero-order valence-corrected chi connectivity index (χ0v) is 21.3. The van der Waals surface area contributed by atoms with Gasteiger partial charge in [-0.15, -0.1) is 11.3 Å². The molecule has 0 aliphatic rings. The molecule has 10 heteroatoms. The smallest absolute Gasteiger partial charge is 0.417 e. The van der Waals surface area contributed by atoms with Crippen LogP contribution >= 0.6 is 23.1 Å². The summed E-state index contributed by atoms with van der Waals surface area (Å²) in [5.74, 6) is -0.530. The number of halogens is 3. The molecule has 1 atom stereocenters. The normalized spacial score (nSPS) is 13.2. The quantitative estimate of drug-likeness (QED) is 0.232. The lowest BCUT2D eigenvalue weighted by molar-refractivity contribution is -0.140. The molecule has 0 fully saturated rings. The molecule has 0 spiro atoms. The molecular formula is C27H23F3N2O3S2. The summed E-state index contributed by atoms with van der Waals surface area (Å²) in [6.07, 6.45) is -4.94. The maximum absolute atomic E-state index is 14.0. The molecule has 1 heterocycles. The second-order valence-electron chi connectivity index (χ2n) is 8.59. The van der Waals surface area contributed by atoms with Crippen molar-refractivity contribution in [1.82, 2.24) is 4.98 Å². The van der Waals surface area contributed by atoms with E-state index in [-0.39, 0.29) is 16.9 Å². The Morgan fingerprint density at radius 2 is 1.84 bits per heavy atom. The second kappa shape index (κ2) is 11.0. The highest BCUT2D eigenvalue weighted by Gasteiger charge is 2.34. The Kier molecular flexibility index (Phi) is 7.91. The summed E-state index contributed by atoms with van der Waals surface area (Å²) in [6.45, 7) is 1.88. The summed E-state index contributed by atoms with van der Waals surface area (Å²) in [6, 6.07) is 20.6. The van der Waals surface area contributed by atoms with Gasteiger partial charge in [0.2, 0.25) is 0 Å². The van der Waals surface area contributed by atoms with Crippen LogP contribution in [-0.4, -0.2) is 16.1 Å². The number of hydrogen-bond acceptors (Lipinski definition) is 6. The number of benzene rings is 3. The third kappa shape index (κ3) is 6.91. The molecule has 0 radical (unpaired) electrons. The third-order valence-electron chi connectivity index (χ3n) is 5.37. The van der Waals surface area contributed by atoms with Crippen LogP contribution in [0.3, 0.4) is 0 Å². The minimum absolute atomic E-state index is 0.0430. The molecule has 192 valence electrons. The monoisotopic (exact) mass is 544 g/mol. The first-order chi connectivity index (χ1) is 17.5. The van der Waals surface area contributed by atoms with Gasteiger partial charge < -0.3 is 15.6 Å². The number of carboxylic acid groups (broad SMARTS) is 1. The number of nitrogens with zero attached hydrogens (tertiary/aromatic N) is 1. The van der Waals surface area contributed by atoms with E-state index in [1.54, 1.807) is 35.7 Å². The topological polar surface area (TPSA) is 85.4 Å². The van der Waals surface area contributed by atoms with E-state index in [2.05, 4.69) is 4.98 Å². The minimum Gasteiger partial charge on any atom is -0.489 e. The molecule has 1 aromatic heterocycles. The number of aliphatic carboxylic acids is 1. The Morgan fingerprint density at radius 3 is 2.54 bits per heavy atom. The molecule has 4 rings (SSSR count). The Bertz CT molecular complexity index is 1390. The maximum Gasteiger partial charge on any atom is 0.417 e. The summed E-state index contributed by atoms with van der Waals surface area (Å²) in [5.41, 5.74) is 5.62. The van der Waals surface area contributed by atoms with Crippen LogP contribution in [0.5, 0.6) is 5.75 Å². The van der Waals surface area contributed by atoms with E-state index >= 15 is 0 Å². The summed E-state index contributed by atoms with van der Waals surface area (Å²) < 4.78 is 47.9. The minimum atomic E-state index is -4.59. The second-order valence-corrected chi connectivity index (χ2v) is 10.6. The maximum atomic E-state index is 14.0. The lowest BCUT2D eigenvalue weighted by Crippen LogP contribution is -2.35. The van der Waals surface area contributed by atoms with Crippen molar-refractivity contribution >= 4 is 29.1 Å². The molecule has 0 amide bonds. The van der Waals surface area contributed by atoms with Crippen LogP contribution in [-0.2, 0) is 23.1 Å². The van der Waals surface area contributed by atoms with E-state index in [1.165, 1.54) is 13.0 Å². The van der Waals surface area contributed by atoms with Crippen LogP contribution in [0.2, 0.25) is 0 Å². The van der Waals surface area contributed by atoms with Gasteiger partial charge in [-0.1, -0.05) is 54.2 Å². The lowest BCUT2D eigenvalue weighted by Gasteiger charge is -2.19. The molecule has 0 aliphatic heterocycles. The van der Waals surface area contributed by atoms with Gasteiger partial charge in [0.25, 0.3) is 0 Å². The zero-order valence-electron chi connectivity index (χ0n) is 19.7. The number of carbonyl (C=O) groups is 1. The van der Waals surface area contributed by atoms with E-state index in [9.17, 15) is 18.0 Å². The molecule has 0 saturated heterocycles. The number of nitrogens with two attached hydrogens (primary N) is 1. The number of alkyl halides is 3. The summed E-state index contributed by atoms with van der Waals surface area (Å²) in [4.78, 5) is 16.1. The Balaban J connectivity index is 1.57. The summed E-state index contributed by atoms with van der Waals surface area (Å²) >= 11 is 2.11. The van der Waals surface area contributed by atoms with Gasteiger partial charge in [0.15, 0.2) is 0 Å². The van der Waals surface area contributed by atoms with Gasteiger partial charge in [0.05, 0.1) is 23.2 Å². The van der Waals surface area contributed by atoms with Crippen molar-refractivity contribution in [2.45, 2.75) is 41.5 Å². The van der Waals surface area contributed by atoms with Crippen molar-refractivity contribution in [2.24, 2.45) is 5.73 Å². The van der Waals surface area contributed by atoms with E-state index in [0.29, 0.717) is 28.0 Å². The summed E-state index contributed by atoms with van der Waals surface area (Å²) in [5, 5.41) is 11.0. The highest BCUT2D eigenvalue weighted by molar-refractivity contribution is 7.99. The third-order valence-corrected chi connectivity index (χ3v) is 7.56. The van der Waals surface area contributed by atoms with Crippen LogP contribution in [0, 0.1) is 0 Å². The Labute approximate surface area is 220 Å². The van der Waals surface area contributed by atoms with Crippen molar-refractivity contribution in [2.75, 3.05) is 0 Å². The molecule has 3 aromatic carbocycles. The predicted molar refractivity (Wildman–Crippen MR) is 138 cm³/mol. The van der Waals surface area contributed by atoms with Crippen molar-refractivity contribution in [1.29, 1.82) is 0 Å². The molecule has 3 N–H and O–H groups in total. The molecule has 5 nitrogen and oxygen atoms in total. The van der Waals surface area contributed by atoms with Crippen molar-refractivity contribution < 1.29 is 27.8 Å². The van der Waals surface area contributed by atoms with Gasteiger partial charge >= 0.3 is 12.1 Å². The van der Waals surface area contributed by atoms with E-state index in [1.807, 2.05) is 30.3 Å². The fourth-order valence-electron chi connectivity index (χ4n) is 3.55. The van der Waals surface area contributed by atoms with Gasteiger partial charge in [-0.25, -0.2) is 4.98 Å². The largest absolute Gasteiger partial charge is 0.489 e. The molecule has 4 aromatic rings. The Morgan fingerprint density at radius 1 is 1.08 bits per heavy atom. The standard InChI is InChI=1S/C27H23F3N2O3S2/c1-26(31,14-24(33)34)25-32-22(16-36-25)18-10-11-23(21(12-18)27(28,29)30)37-20-9-5-8-19(13-20)35-15-17-6-3-2-4-7-17/h2-13,16H,14-15,31H2,1H3,(H,33,34)/t26-/m0/s1. The number of ether oxygens (including phenoxy) is 1. The van der Waals surface area contributed by atoms with Gasteiger partial charge in [0, 0.05) is 20.7 Å². The molecule has 0 saturated carbocycles. The highest BCUT2D eigenvalue weighted by atomic mass is 32.2. The fraction of sp³-hybridized carbons (Fsp3) is 0.185. The SMILES string of the molecule is C[C@](N)(CC(=O)O)c1nc(-c2ccc(Sc3cccc(OCc4ccccc4)c3)c(C(F)(F)F)c2)cs1. The average Bonchev–Trinajstić information content (AvgIpc) is 3.34. The van der Waals surface area contributed by atoms with Gasteiger partial charge in [-0.05, 0) is 42.8 Å². The zero-order chi connectivity index (χ0) is 26.6. The molecule has 37 heavy (non-hydrogen) atoms. The number of aromatic nitrogens is 1. The number of thiazole rings is 1. The number of hydrogen-bond donors (Lipinski definition) is 2. The molecular weight excluding hydrogens is 521 g/mol. The lowest BCUT2D eigenvalue weighted by atomic mass is 10.0. The van der Waals surface area contributed by atoms with Crippen LogP contribution in [0.15, 0.2) is 88.0 Å². The van der Waals surface area contributed by atoms with E-state index in [4.69, 9.17) is 15.6 Å². The predicted octanol–water partition coefficient (Wildman–Crippen LogP) is 7.21. The number of rotatable bonds is 9. The van der Waals surface area contributed by atoms with Gasteiger partial charge in [-0.3, -0.25) is 4.79 Å². The van der Waals surface area contributed by atoms with Crippen molar-refractivity contribution in [3.05, 3.63) is 94.3 Å². The molecule has 0 bridgehead atoms. The highest BCUT2D eigenvalue weighted by Crippen LogP contribution is 2.42. The van der Waals surface area contributed by atoms with Gasteiger partial charge in [-0.2, -0.15) is 13.2 Å². The van der Waals surface area contributed by atoms with Crippen molar-refractivity contribution in [3.8, 4) is 17.0 Å². The van der Waals surface area contributed by atoms with Crippen LogP contribution in [0.4, 0.5) is 13.2 Å². The fourth-order valence-corrected chi connectivity index (χ4v) is 5.45. The van der Waals surface area contributed by atoms with Gasteiger partial charge in [0.1, 0.15) is 17.4 Å². The van der Waals surface area contributed by atoms with E-state index in [0.717, 1.165) is 34.7 Å². The molecule has 0 aliphatic carbocycles. The van der Waals surface area contributed by atoms with Crippen molar-refractivity contribution in [3.63, 3.8) is 0 Å². The van der Waals surface area contributed by atoms with E-state index < -0.39 is 23.2 Å². The van der Waals surface area contributed by atoms with Crippen LogP contribution in [0.25, 0.3) is 11.3 Å². The number of carboxylic acids is 1. The molecule has 0 unspecified atom stereocenters. The Hall–Kier alpha value is -3.34. The first-order valence-electron chi connectivity index (χ1n) is 11.1. The summed E-state index contributed by atoms with van der Waals surface area (Å²) in [7, 11) is 0.